The van der Waals surface area contributed by atoms with Gasteiger partial charge in [0.25, 0.3) is 0 Å². The molecular formula is C17H26N2O. The van der Waals surface area contributed by atoms with Crippen molar-refractivity contribution in [1.29, 1.82) is 0 Å². The van der Waals surface area contributed by atoms with Gasteiger partial charge in [-0.25, -0.2) is 0 Å². The van der Waals surface area contributed by atoms with Crippen molar-refractivity contribution in [2.24, 2.45) is 0 Å². The van der Waals surface area contributed by atoms with Crippen molar-refractivity contribution < 1.29 is 4.79 Å². The van der Waals surface area contributed by atoms with Gasteiger partial charge in [0.2, 0.25) is 5.91 Å². The first kappa shape index (κ1) is 15.0. The number of hydrogen-bond acceptors (Lipinski definition) is 2. The van der Waals surface area contributed by atoms with Crippen molar-refractivity contribution in [3.63, 3.8) is 0 Å². The van der Waals surface area contributed by atoms with Gasteiger partial charge in [-0.05, 0) is 50.0 Å². The molecule has 0 unspecified atom stereocenters. The first-order chi connectivity index (χ1) is 9.78. The average molecular weight is 274 g/mol. The van der Waals surface area contributed by atoms with Crippen LogP contribution < -0.4 is 5.32 Å². The lowest BCUT2D eigenvalue weighted by Gasteiger charge is -2.23. The number of carbonyl (C=O) groups excluding carboxylic acids is 1. The molecule has 3 nitrogen and oxygen atoms in total. The molecule has 0 aliphatic carbocycles. The molecule has 2 rings (SSSR count). The van der Waals surface area contributed by atoms with E-state index in [0.717, 1.165) is 25.2 Å². The highest BCUT2D eigenvalue weighted by Gasteiger charge is 2.12. The number of nitrogens with zero attached hydrogens (tertiary/aromatic N) is 1. The van der Waals surface area contributed by atoms with Gasteiger partial charge in [0.05, 0.1) is 6.54 Å². The number of aryl methyl sites for hydroxylation is 1. The van der Waals surface area contributed by atoms with Crippen LogP contribution in [0.4, 0.5) is 5.69 Å². The van der Waals surface area contributed by atoms with E-state index < -0.39 is 0 Å². The summed E-state index contributed by atoms with van der Waals surface area (Å²) < 4.78 is 0. The van der Waals surface area contributed by atoms with E-state index in [1.807, 2.05) is 12.1 Å². The molecule has 1 amide bonds. The minimum absolute atomic E-state index is 0.106. The number of anilines is 1. The standard InChI is InChI=1S/C17H26N2O/c1-2-15-8-10-16(11-9-15)18-17(20)14-19-12-6-4-3-5-7-13-19/h8-11H,2-7,12-14H2,1H3,(H,18,20). The summed E-state index contributed by atoms with van der Waals surface area (Å²) in [6.07, 6.45) is 7.43. The first-order valence-electron chi connectivity index (χ1n) is 7.89. The molecule has 0 saturated carbocycles. The van der Waals surface area contributed by atoms with E-state index in [-0.39, 0.29) is 5.91 Å². The fourth-order valence-corrected chi connectivity index (χ4v) is 2.70. The lowest BCUT2D eigenvalue weighted by molar-refractivity contribution is -0.117. The highest BCUT2D eigenvalue weighted by molar-refractivity contribution is 5.92. The molecule has 20 heavy (non-hydrogen) atoms. The van der Waals surface area contributed by atoms with Gasteiger partial charge >= 0.3 is 0 Å². The SMILES string of the molecule is CCc1ccc(NC(=O)CN2CCCCCCC2)cc1. The Bertz CT molecular complexity index is 406. The Labute approximate surface area is 122 Å². The van der Waals surface area contributed by atoms with Crippen LogP contribution >= 0.6 is 0 Å². The second kappa shape index (κ2) is 8.05. The molecule has 3 heteroatoms. The van der Waals surface area contributed by atoms with Crippen LogP contribution in [-0.4, -0.2) is 30.4 Å². The Hall–Kier alpha value is -1.35. The Morgan fingerprint density at radius 1 is 1.05 bits per heavy atom. The zero-order valence-corrected chi connectivity index (χ0v) is 12.5. The largest absolute Gasteiger partial charge is 0.325 e. The smallest absolute Gasteiger partial charge is 0.238 e. The predicted octanol–water partition coefficient (Wildman–Crippen LogP) is 3.45. The average Bonchev–Trinajstić information content (AvgIpc) is 2.42. The van der Waals surface area contributed by atoms with Gasteiger partial charge in [-0.3, -0.25) is 9.69 Å². The Morgan fingerprint density at radius 3 is 2.25 bits per heavy atom. The topological polar surface area (TPSA) is 32.3 Å². The molecule has 1 aliphatic rings. The summed E-state index contributed by atoms with van der Waals surface area (Å²) in [6.45, 7) is 4.77. The van der Waals surface area contributed by atoms with Crippen LogP contribution in [0.3, 0.4) is 0 Å². The van der Waals surface area contributed by atoms with E-state index in [9.17, 15) is 4.79 Å². The van der Waals surface area contributed by atoms with Crippen LogP contribution in [-0.2, 0) is 11.2 Å². The lowest BCUT2D eigenvalue weighted by Crippen LogP contribution is -2.35. The summed E-state index contributed by atoms with van der Waals surface area (Å²) in [5.41, 5.74) is 2.20. The number of nitrogens with one attached hydrogen (secondary N) is 1. The van der Waals surface area contributed by atoms with Crippen molar-refractivity contribution in [2.75, 3.05) is 25.0 Å². The summed E-state index contributed by atoms with van der Waals surface area (Å²) in [6, 6.07) is 8.13. The van der Waals surface area contributed by atoms with E-state index >= 15 is 0 Å². The van der Waals surface area contributed by atoms with Gasteiger partial charge in [-0.1, -0.05) is 38.3 Å². The van der Waals surface area contributed by atoms with Crippen molar-refractivity contribution in [3.8, 4) is 0 Å². The zero-order valence-electron chi connectivity index (χ0n) is 12.5. The van der Waals surface area contributed by atoms with Crippen LogP contribution in [0.5, 0.6) is 0 Å². The molecule has 0 radical (unpaired) electrons. The third kappa shape index (κ3) is 4.97. The van der Waals surface area contributed by atoms with Crippen molar-refractivity contribution in [1.82, 2.24) is 4.90 Å². The van der Waals surface area contributed by atoms with Gasteiger partial charge in [0, 0.05) is 5.69 Å². The van der Waals surface area contributed by atoms with E-state index in [2.05, 4.69) is 29.3 Å². The number of likely N-dealkylation sites (tertiary alicyclic amines) is 1. The van der Waals surface area contributed by atoms with Gasteiger partial charge in [-0.15, -0.1) is 0 Å². The third-order valence-corrected chi connectivity index (χ3v) is 3.96. The van der Waals surface area contributed by atoms with E-state index in [1.165, 1.54) is 37.7 Å². The normalized spacial score (nSPS) is 17.2. The number of benzene rings is 1. The maximum absolute atomic E-state index is 12.1. The molecule has 0 atom stereocenters. The second-order valence-corrected chi connectivity index (χ2v) is 5.64. The van der Waals surface area contributed by atoms with Crippen molar-refractivity contribution in [2.45, 2.75) is 45.4 Å². The van der Waals surface area contributed by atoms with E-state index in [0.29, 0.717) is 6.54 Å². The van der Waals surface area contributed by atoms with Crippen LogP contribution in [0.15, 0.2) is 24.3 Å². The van der Waals surface area contributed by atoms with Crippen LogP contribution in [0.2, 0.25) is 0 Å². The maximum Gasteiger partial charge on any atom is 0.238 e. The molecule has 1 aliphatic heterocycles. The molecule has 1 aromatic rings. The highest BCUT2D eigenvalue weighted by atomic mass is 16.2. The number of carbonyl (C=O) groups is 1. The third-order valence-electron chi connectivity index (χ3n) is 3.96. The molecule has 0 spiro atoms. The van der Waals surface area contributed by atoms with Crippen molar-refractivity contribution in [3.05, 3.63) is 29.8 Å². The first-order valence-corrected chi connectivity index (χ1v) is 7.89. The number of rotatable bonds is 4. The fraction of sp³-hybridized carbons (Fsp3) is 0.588. The Kier molecular flexibility index (Phi) is 6.06. The summed E-state index contributed by atoms with van der Waals surface area (Å²) >= 11 is 0. The number of amides is 1. The zero-order chi connectivity index (χ0) is 14.2. The van der Waals surface area contributed by atoms with E-state index in [4.69, 9.17) is 0 Å². The summed E-state index contributed by atoms with van der Waals surface area (Å²) in [5.74, 6) is 0.106. The molecule has 110 valence electrons. The quantitative estimate of drug-likeness (QED) is 0.912. The molecular weight excluding hydrogens is 248 g/mol. The lowest BCUT2D eigenvalue weighted by atomic mass is 10.1. The Morgan fingerprint density at radius 2 is 1.65 bits per heavy atom. The van der Waals surface area contributed by atoms with Gasteiger partial charge < -0.3 is 5.32 Å². The molecule has 1 N–H and O–H groups in total. The fourth-order valence-electron chi connectivity index (χ4n) is 2.70. The summed E-state index contributed by atoms with van der Waals surface area (Å²) in [4.78, 5) is 14.4. The van der Waals surface area contributed by atoms with Crippen molar-refractivity contribution >= 4 is 11.6 Å². The van der Waals surface area contributed by atoms with Crippen LogP contribution in [0.1, 0.15) is 44.6 Å². The van der Waals surface area contributed by atoms with Gasteiger partial charge in [0.1, 0.15) is 0 Å². The summed E-state index contributed by atoms with van der Waals surface area (Å²) in [5, 5.41) is 3.00. The molecule has 1 heterocycles. The highest BCUT2D eigenvalue weighted by Crippen LogP contribution is 2.12. The van der Waals surface area contributed by atoms with Gasteiger partial charge in [0.15, 0.2) is 0 Å². The van der Waals surface area contributed by atoms with Crippen LogP contribution in [0, 0.1) is 0 Å². The molecule has 0 bridgehead atoms. The Balaban J connectivity index is 1.81. The minimum atomic E-state index is 0.106. The minimum Gasteiger partial charge on any atom is -0.325 e. The maximum atomic E-state index is 12.1. The van der Waals surface area contributed by atoms with Gasteiger partial charge in [-0.2, -0.15) is 0 Å². The predicted molar refractivity (Wildman–Crippen MR) is 84.0 cm³/mol. The number of hydrogen-bond donors (Lipinski definition) is 1. The second-order valence-electron chi connectivity index (χ2n) is 5.64. The van der Waals surface area contributed by atoms with E-state index in [1.54, 1.807) is 0 Å². The molecule has 1 saturated heterocycles. The van der Waals surface area contributed by atoms with Crippen LogP contribution in [0.25, 0.3) is 0 Å². The summed E-state index contributed by atoms with van der Waals surface area (Å²) in [7, 11) is 0. The molecule has 1 fully saturated rings. The monoisotopic (exact) mass is 274 g/mol. The molecule has 0 aromatic heterocycles. The molecule has 1 aromatic carbocycles.